The first-order valence-corrected chi connectivity index (χ1v) is 11.0. The summed E-state index contributed by atoms with van der Waals surface area (Å²) in [5.41, 5.74) is 2.02. The van der Waals surface area contributed by atoms with Gasteiger partial charge in [-0.3, -0.25) is 4.79 Å². The highest BCUT2D eigenvalue weighted by atomic mass is 16.4. The molecule has 3 atom stereocenters. The first kappa shape index (κ1) is 22.7. The SMILES string of the molecule is CCCCCCC(C)(C)c1ccc(C2CC(O)CCC2CCC(=O)O)c(O)c1. The van der Waals surface area contributed by atoms with E-state index in [9.17, 15) is 15.0 Å². The number of rotatable bonds is 10. The number of aliphatic carboxylic acids is 1. The Morgan fingerprint density at radius 1 is 1.18 bits per heavy atom. The number of benzene rings is 1. The van der Waals surface area contributed by atoms with Gasteiger partial charge in [0.25, 0.3) is 0 Å². The van der Waals surface area contributed by atoms with Crippen molar-refractivity contribution < 1.29 is 20.1 Å². The molecular formula is C24H38O4. The van der Waals surface area contributed by atoms with Crippen molar-refractivity contribution in [2.75, 3.05) is 0 Å². The largest absolute Gasteiger partial charge is 0.508 e. The maximum atomic E-state index is 11.0. The summed E-state index contributed by atoms with van der Waals surface area (Å²) < 4.78 is 0. The molecule has 158 valence electrons. The van der Waals surface area contributed by atoms with Gasteiger partial charge >= 0.3 is 5.97 Å². The van der Waals surface area contributed by atoms with Crippen LogP contribution >= 0.6 is 0 Å². The Hall–Kier alpha value is -1.55. The van der Waals surface area contributed by atoms with E-state index in [4.69, 9.17) is 5.11 Å². The number of aliphatic hydroxyl groups is 1. The van der Waals surface area contributed by atoms with E-state index in [0.717, 1.165) is 24.0 Å². The quantitative estimate of drug-likeness (QED) is 0.445. The van der Waals surface area contributed by atoms with E-state index >= 15 is 0 Å². The summed E-state index contributed by atoms with van der Waals surface area (Å²) in [6, 6.07) is 6.02. The summed E-state index contributed by atoms with van der Waals surface area (Å²) in [7, 11) is 0. The molecule has 0 amide bonds. The minimum Gasteiger partial charge on any atom is -0.508 e. The molecule has 0 saturated heterocycles. The average Bonchev–Trinajstić information content (AvgIpc) is 2.64. The molecule has 2 rings (SSSR count). The molecule has 0 radical (unpaired) electrons. The molecule has 1 aromatic carbocycles. The smallest absolute Gasteiger partial charge is 0.303 e. The fraction of sp³-hybridized carbons (Fsp3) is 0.708. The molecule has 4 heteroatoms. The molecule has 0 heterocycles. The van der Waals surface area contributed by atoms with Gasteiger partial charge in [0.1, 0.15) is 5.75 Å². The number of carbonyl (C=O) groups is 1. The lowest BCUT2D eigenvalue weighted by Gasteiger charge is -2.35. The fourth-order valence-electron chi connectivity index (χ4n) is 4.66. The number of aliphatic hydroxyl groups excluding tert-OH is 1. The molecule has 3 N–H and O–H groups in total. The second-order valence-electron chi connectivity index (χ2n) is 9.23. The predicted octanol–water partition coefficient (Wildman–Crippen LogP) is 5.75. The van der Waals surface area contributed by atoms with E-state index in [-0.39, 0.29) is 29.8 Å². The van der Waals surface area contributed by atoms with Crippen LogP contribution in [0.2, 0.25) is 0 Å². The normalized spacial score (nSPS) is 22.9. The summed E-state index contributed by atoms with van der Waals surface area (Å²) in [5, 5.41) is 30.0. The maximum Gasteiger partial charge on any atom is 0.303 e. The monoisotopic (exact) mass is 390 g/mol. The van der Waals surface area contributed by atoms with Crippen molar-refractivity contribution in [3.05, 3.63) is 29.3 Å². The molecule has 4 nitrogen and oxygen atoms in total. The van der Waals surface area contributed by atoms with Crippen molar-refractivity contribution in [2.24, 2.45) is 5.92 Å². The summed E-state index contributed by atoms with van der Waals surface area (Å²) in [6.07, 6.45) is 8.50. The highest BCUT2D eigenvalue weighted by Gasteiger charge is 2.33. The summed E-state index contributed by atoms with van der Waals surface area (Å²) in [5.74, 6) is -0.282. The van der Waals surface area contributed by atoms with E-state index < -0.39 is 5.97 Å². The van der Waals surface area contributed by atoms with E-state index in [1.54, 1.807) is 0 Å². The summed E-state index contributed by atoms with van der Waals surface area (Å²) in [6.45, 7) is 6.68. The van der Waals surface area contributed by atoms with Crippen LogP contribution < -0.4 is 0 Å². The molecule has 0 bridgehead atoms. The Balaban J connectivity index is 2.15. The molecule has 1 aliphatic carbocycles. The van der Waals surface area contributed by atoms with Gasteiger partial charge in [0.2, 0.25) is 0 Å². The van der Waals surface area contributed by atoms with Gasteiger partial charge in [0, 0.05) is 6.42 Å². The predicted molar refractivity (Wildman–Crippen MR) is 113 cm³/mol. The van der Waals surface area contributed by atoms with Gasteiger partial charge in [-0.1, -0.05) is 58.6 Å². The number of phenols is 1. The van der Waals surface area contributed by atoms with Crippen molar-refractivity contribution >= 4 is 5.97 Å². The maximum absolute atomic E-state index is 11.0. The molecule has 1 saturated carbocycles. The van der Waals surface area contributed by atoms with Crippen LogP contribution in [0.1, 0.15) is 102 Å². The minimum atomic E-state index is -0.783. The Morgan fingerprint density at radius 3 is 2.57 bits per heavy atom. The molecule has 0 aromatic heterocycles. The zero-order chi connectivity index (χ0) is 20.7. The third-order valence-electron chi connectivity index (χ3n) is 6.56. The molecule has 1 fully saturated rings. The number of carboxylic acid groups (broad SMARTS) is 1. The Morgan fingerprint density at radius 2 is 1.93 bits per heavy atom. The van der Waals surface area contributed by atoms with Crippen LogP contribution in [0.25, 0.3) is 0 Å². The topological polar surface area (TPSA) is 77.8 Å². The first-order valence-electron chi connectivity index (χ1n) is 11.0. The third-order valence-corrected chi connectivity index (χ3v) is 6.56. The molecule has 0 aliphatic heterocycles. The van der Waals surface area contributed by atoms with Gasteiger partial charge in [0.15, 0.2) is 0 Å². The molecule has 1 aromatic rings. The van der Waals surface area contributed by atoms with Crippen LogP contribution in [-0.4, -0.2) is 27.4 Å². The zero-order valence-electron chi connectivity index (χ0n) is 17.8. The molecule has 3 unspecified atom stereocenters. The Bertz CT molecular complexity index is 637. The third kappa shape index (κ3) is 6.23. The molecule has 28 heavy (non-hydrogen) atoms. The Labute approximate surface area is 170 Å². The number of unbranched alkanes of at least 4 members (excludes halogenated alkanes) is 3. The Kier molecular flexibility index (Phi) is 8.36. The van der Waals surface area contributed by atoms with Crippen molar-refractivity contribution in [1.82, 2.24) is 0 Å². The number of phenolic OH excluding ortho intramolecular Hbond substituents is 1. The van der Waals surface area contributed by atoms with E-state index in [1.165, 1.54) is 25.7 Å². The highest BCUT2D eigenvalue weighted by Crippen LogP contribution is 2.44. The minimum absolute atomic E-state index is 0.0124. The first-order chi connectivity index (χ1) is 13.2. The van der Waals surface area contributed by atoms with Crippen molar-refractivity contribution in [3.8, 4) is 5.75 Å². The van der Waals surface area contributed by atoms with Crippen LogP contribution in [0.15, 0.2) is 18.2 Å². The molecule has 0 spiro atoms. The van der Waals surface area contributed by atoms with Crippen LogP contribution in [0.4, 0.5) is 0 Å². The van der Waals surface area contributed by atoms with Gasteiger partial charge in [-0.25, -0.2) is 0 Å². The lowest BCUT2D eigenvalue weighted by Crippen LogP contribution is -2.27. The van der Waals surface area contributed by atoms with Gasteiger partial charge in [-0.15, -0.1) is 0 Å². The van der Waals surface area contributed by atoms with Crippen molar-refractivity contribution in [3.63, 3.8) is 0 Å². The van der Waals surface area contributed by atoms with Gasteiger partial charge in [0.05, 0.1) is 6.10 Å². The van der Waals surface area contributed by atoms with Crippen LogP contribution in [-0.2, 0) is 10.2 Å². The lowest BCUT2D eigenvalue weighted by molar-refractivity contribution is -0.137. The summed E-state index contributed by atoms with van der Waals surface area (Å²) in [4.78, 5) is 11.0. The van der Waals surface area contributed by atoms with E-state index in [0.29, 0.717) is 25.0 Å². The van der Waals surface area contributed by atoms with Crippen molar-refractivity contribution in [2.45, 2.75) is 102 Å². The van der Waals surface area contributed by atoms with Crippen LogP contribution in [0, 0.1) is 5.92 Å². The second-order valence-corrected chi connectivity index (χ2v) is 9.23. The summed E-state index contributed by atoms with van der Waals surface area (Å²) >= 11 is 0. The van der Waals surface area contributed by atoms with Gasteiger partial charge < -0.3 is 15.3 Å². The number of hydrogen-bond acceptors (Lipinski definition) is 3. The number of carboxylic acids is 1. The average molecular weight is 391 g/mol. The number of hydrogen-bond donors (Lipinski definition) is 3. The lowest BCUT2D eigenvalue weighted by atomic mass is 9.71. The fourth-order valence-corrected chi connectivity index (χ4v) is 4.66. The van der Waals surface area contributed by atoms with Crippen LogP contribution in [0.5, 0.6) is 5.75 Å². The van der Waals surface area contributed by atoms with Gasteiger partial charge in [-0.05, 0) is 66.5 Å². The van der Waals surface area contributed by atoms with Crippen molar-refractivity contribution in [1.29, 1.82) is 0 Å². The number of aromatic hydroxyl groups is 1. The van der Waals surface area contributed by atoms with E-state index in [2.05, 4.69) is 26.8 Å². The molecular weight excluding hydrogens is 352 g/mol. The highest BCUT2D eigenvalue weighted by molar-refractivity contribution is 5.66. The molecule has 1 aliphatic rings. The van der Waals surface area contributed by atoms with Gasteiger partial charge in [-0.2, -0.15) is 0 Å². The second kappa shape index (κ2) is 10.3. The van der Waals surface area contributed by atoms with Crippen LogP contribution in [0.3, 0.4) is 0 Å². The standard InChI is InChI=1S/C24H38O4/c1-4-5-6-7-14-24(2,3)18-10-12-20(22(26)15-18)21-16-19(25)11-8-17(21)9-13-23(27)28/h10,12,15,17,19,21,25-26H,4-9,11,13-14,16H2,1-3H3,(H,27,28). The zero-order valence-corrected chi connectivity index (χ0v) is 17.8. The van der Waals surface area contributed by atoms with E-state index in [1.807, 2.05) is 12.1 Å².